The molecule has 0 spiro atoms. The summed E-state index contributed by atoms with van der Waals surface area (Å²) in [7, 11) is 2.79. The molecule has 3 aromatic rings. The third-order valence-corrected chi connectivity index (χ3v) is 6.02. The minimum Gasteiger partial charge on any atom is -0.465 e. The summed E-state index contributed by atoms with van der Waals surface area (Å²) in [6.45, 7) is 2.20. The normalized spacial score (nSPS) is 11.9. The van der Waals surface area contributed by atoms with Crippen molar-refractivity contribution >= 4 is 40.2 Å². The molecule has 0 fully saturated rings. The molecule has 1 atom stereocenters. The molecule has 11 heteroatoms. The SMILES string of the molecule is COCCCn1c(SC(C)C(=O)Nc2c(F)cccc2F)nc2cc(C(=O)OC)ccc2c1=O. The smallest absolute Gasteiger partial charge is 0.337 e. The van der Waals surface area contributed by atoms with Gasteiger partial charge in [0.1, 0.15) is 17.3 Å². The number of amides is 1. The zero-order valence-electron chi connectivity index (χ0n) is 18.8. The Morgan fingerprint density at radius 3 is 2.53 bits per heavy atom. The van der Waals surface area contributed by atoms with Crippen LogP contribution in [0.3, 0.4) is 0 Å². The van der Waals surface area contributed by atoms with Gasteiger partial charge in [-0.1, -0.05) is 17.8 Å². The Hall–Kier alpha value is -3.31. The van der Waals surface area contributed by atoms with Gasteiger partial charge in [-0.2, -0.15) is 0 Å². The van der Waals surface area contributed by atoms with E-state index >= 15 is 0 Å². The largest absolute Gasteiger partial charge is 0.465 e. The quantitative estimate of drug-likeness (QED) is 0.211. The van der Waals surface area contributed by atoms with Gasteiger partial charge in [0.15, 0.2) is 5.16 Å². The van der Waals surface area contributed by atoms with E-state index in [1.54, 1.807) is 7.11 Å². The summed E-state index contributed by atoms with van der Waals surface area (Å²) in [6, 6.07) is 7.67. The zero-order valence-corrected chi connectivity index (χ0v) is 19.6. The number of benzene rings is 2. The number of esters is 1. The maximum Gasteiger partial charge on any atom is 0.337 e. The summed E-state index contributed by atoms with van der Waals surface area (Å²) >= 11 is 0.954. The average Bonchev–Trinajstić information content (AvgIpc) is 2.82. The molecule has 1 N–H and O–H groups in total. The molecule has 3 rings (SSSR count). The number of hydrogen-bond donors (Lipinski definition) is 1. The first-order chi connectivity index (χ1) is 16.3. The van der Waals surface area contributed by atoms with Crippen LogP contribution in [0.25, 0.3) is 10.9 Å². The molecule has 0 aliphatic heterocycles. The van der Waals surface area contributed by atoms with Gasteiger partial charge in [0, 0.05) is 20.3 Å². The average molecular weight is 492 g/mol. The second-order valence-electron chi connectivity index (χ2n) is 7.27. The number of thioether (sulfide) groups is 1. The monoisotopic (exact) mass is 491 g/mol. The summed E-state index contributed by atoms with van der Waals surface area (Å²) in [5.74, 6) is -3.06. The van der Waals surface area contributed by atoms with Crippen molar-refractivity contribution in [3.8, 4) is 0 Å². The second kappa shape index (κ2) is 11.2. The molecule has 0 saturated heterocycles. The molecular weight excluding hydrogens is 468 g/mol. The summed E-state index contributed by atoms with van der Waals surface area (Å²) in [6.07, 6.45) is 0.512. The number of nitrogens with one attached hydrogen (secondary N) is 1. The van der Waals surface area contributed by atoms with Crippen LogP contribution in [0, 0.1) is 11.6 Å². The molecule has 0 aliphatic rings. The van der Waals surface area contributed by atoms with Gasteiger partial charge in [-0.3, -0.25) is 14.2 Å². The molecule has 8 nitrogen and oxygen atoms in total. The highest BCUT2D eigenvalue weighted by molar-refractivity contribution is 8.00. The Labute approximate surface area is 198 Å². The molecule has 0 bridgehead atoms. The van der Waals surface area contributed by atoms with Gasteiger partial charge in [-0.25, -0.2) is 18.6 Å². The fourth-order valence-electron chi connectivity index (χ4n) is 3.15. The number of carbonyl (C=O) groups excluding carboxylic acids is 2. The number of methoxy groups -OCH3 is 2. The number of aromatic nitrogens is 2. The van der Waals surface area contributed by atoms with Crippen LogP contribution in [0.2, 0.25) is 0 Å². The lowest BCUT2D eigenvalue weighted by Crippen LogP contribution is -2.28. The third kappa shape index (κ3) is 5.60. The Balaban J connectivity index is 1.97. The molecule has 2 aromatic carbocycles. The lowest BCUT2D eigenvalue weighted by Gasteiger charge is -2.17. The van der Waals surface area contributed by atoms with E-state index in [0.717, 1.165) is 23.9 Å². The number of halogens is 2. The summed E-state index contributed by atoms with van der Waals surface area (Å²) in [4.78, 5) is 42.2. The number of nitrogens with zero attached hydrogens (tertiary/aromatic N) is 2. The number of hydrogen-bond acceptors (Lipinski definition) is 7. The minimum atomic E-state index is -0.902. The van der Waals surface area contributed by atoms with Crippen molar-refractivity contribution in [2.24, 2.45) is 0 Å². The highest BCUT2D eigenvalue weighted by Crippen LogP contribution is 2.26. The maximum absolute atomic E-state index is 13.9. The first-order valence-electron chi connectivity index (χ1n) is 10.3. The third-order valence-electron chi connectivity index (χ3n) is 4.93. The van der Waals surface area contributed by atoms with Crippen LogP contribution in [-0.2, 0) is 20.8 Å². The van der Waals surface area contributed by atoms with E-state index in [4.69, 9.17) is 9.47 Å². The fraction of sp³-hybridized carbons (Fsp3) is 0.304. The van der Waals surface area contributed by atoms with Crippen LogP contribution in [-0.4, -0.2) is 47.5 Å². The summed E-state index contributed by atoms with van der Waals surface area (Å²) in [5, 5.41) is 1.89. The number of rotatable bonds is 9. The number of fused-ring (bicyclic) bond motifs is 1. The van der Waals surface area contributed by atoms with Gasteiger partial charge in [0.2, 0.25) is 5.91 Å². The van der Waals surface area contributed by atoms with E-state index in [1.165, 1.54) is 42.9 Å². The molecule has 1 heterocycles. The highest BCUT2D eigenvalue weighted by Gasteiger charge is 2.22. The molecule has 34 heavy (non-hydrogen) atoms. The number of ether oxygens (including phenoxy) is 2. The fourth-order valence-corrected chi connectivity index (χ4v) is 4.09. The zero-order chi connectivity index (χ0) is 24.8. The predicted octanol–water partition coefficient (Wildman–Crippen LogP) is 3.62. The van der Waals surface area contributed by atoms with Crippen molar-refractivity contribution in [3.63, 3.8) is 0 Å². The van der Waals surface area contributed by atoms with Crippen LogP contribution < -0.4 is 10.9 Å². The molecule has 0 saturated carbocycles. The molecule has 0 aliphatic carbocycles. The van der Waals surface area contributed by atoms with E-state index in [1.807, 2.05) is 0 Å². The standard InChI is InChI=1S/C23H23F2N3O5S/c1-13(20(29)27-19-16(24)6-4-7-17(19)25)34-23-26-18-12-14(22(31)33-3)8-9-15(18)21(30)28(23)10-5-11-32-2/h4,6-9,12-13H,5,10-11H2,1-3H3,(H,27,29). The van der Waals surface area contributed by atoms with Gasteiger partial charge in [-0.15, -0.1) is 0 Å². The first-order valence-corrected chi connectivity index (χ1v) is 11.2. The molecule has 1 unspecified atom stereocenters. The first kappa shape index (κ1) is 25.3. The van der Waals surface area contributed by atoms with Crippen LogP contribution in [0.5, 0.6) is 0 Å². The van der Waals surface area contributed by atoms with Crippen molar-refractivity contribution < 1.29 is 27.8 Å². The maximum atomic E-state index is 13.9. The topological polar surface area (TPSA) is 99.5 Å². The highest BCUT2D eigenvalue weighted by atomic mass is 32.2. The van der Waals surface area contributed by atoms with E-state index in [0.29, 0.717) is 18.4 Å². The predicted molar refractivity (Wildman–Crippen MR) is 124 cm³/mol. The molecule has 0 radical (unpaired) electrons. The molecule has 1 aromatic heterocycles. The minimum absolute atomic E-state index is 0.215. The van der Waals surface area contributed by atoms with Gasteiger partial charge < -0.3 is 14.8 Å². The molecule has 180 valence electrons. The summed E-state index contributed by atoms with van der Waals surface area (Å²) < 4.78 is 39.1. The van der Waals surface area contributed by atoms with Gasteiger partial charge in [-0.05, 0) is 43.7 Å². The van der Waals surface area contributed by atoms with E-state index < -0.39 is 34.4 Å². The van der Waals surface area contributed by atoms with Gasteiger partial charge in [0.05, 0.1) is 28.8 Å². The van der Waals surface area contributed by atoms with Crippen LogP contribution >= 0.6 is 11.8 Å². The van der Waals surface area contributed by atoms with Crippen molar-refractivity contribution in [1.82, 2.24) is 9.55 Å². The van der Waals surface area contributed by atoms with Crippen molar-refractivity contribution in [1.29, 1.82) is 0 Å². The summed E-state index contributed by atoms with van der Waals surface area (Å²) in [5.41, 5.74) is -0.429. The Kier molecular flexibility index (Phi) is 8.35. The van der Waals surface area contributed by atoms with Gasteiger partial charge >= 0.3 is 5.97 Å². The number of para-hydroxylation sites is 1. The Bertz CT molecular complexity index is 1260. The Morgan fingerprint density at radius 2 is 1.88 bits per heavy atom. The van der Waals surface area contributed by atoms with Gasteiger partial charge in [0.25, 0.3) is 5.56 Å². The van der Waals surface area contributed by atoms with E-state index in [-0.39, 0.29) is 28.3 Å². The lowest BCUT2D eigenvalue weighted by atomic mass is 10.1. The van der Waals surface area contributed by atoms with Crippen LogP contribution in [0.1, 0.15) is 23.7 Å². The van der Waals surface area contributed by atoms with Crippen LogP contribution in [0.15, 0.2) is 46.3 Å². The van der Waals surface area contributed by atoms with Crippen molar-refractivity contribution in [2.75, 3.05) is 26.1 Å². The Morgan fingerprint density at radius 1 is 1.18 bits per heavy atom. The van der Waals surface area contributed by atoms with Crippen LogP contribution in [0.4, 0.5) is 14.5 Å². The van der Waals surface area contributed by atoms with Crippen molar-refractivity contribution in [2.45, 2.75) is 30.3 Å². The number of carbonyl (C=O) groups is 2. The second-order valence-corrected chi connectivity index (χ2v) is 8.57. The molecule has 1 amide bonds. The van der Waals surface area contributed by atoms with Crippen molar-refractivity contribution in [3.05, 3.63) is 63.9 Å². The number of anilines is 1. The van der Waals surface area contributed by atoms with E-state index in [2.05, 4.69) is 10.3 Å². The van der Waals surface area contributed by atoms with E-state index in [9.17, 15) is 23.2 Å². The lowest BCUT2D eigenvalue weighted by molar-refractivity contribution is -0.115. The molecular formula is C23H23F2N3O5S.